The topological polar surface area (TPSA) is 79.5 Å². The summed E-state index contributed by atoms with van der Waals surface area (Å²) in [6.45, 7) is 2.76. The molecule has 0 bridgehead atoms. The average molecular weight is 305 g/mol. The highest BCUT2D eigenvalue weighted by Crippen LogP contribution is 2.27. The molecule has 1 aromatic heterocycles. The first-order chi connectivity index (χ1) is 9.95. The highest BCUT2D eigenvalue weighted by atomic mass is 32.1. The number of rotatable bonds is 6. The lowest BCUT2D eigenvalue weighted by Gasteiger charge is -2.17. The van der Waals surface area contributed by atoms with E-state index < -0.39 is 5.97 Å². The summed E-state index contributed by atoms with van der Waals surface area (Å²) < 4.78 is 0. The van der Waals surface area contributed by atoms with Gasteiger partial charge in [-0.2, -0.15) is 0 Å². The van der Waals surface area contributed by atoms with E-state index in [4.69, 9.17) is 10.8 Å². The molecule has 0 saturated heterocycles. The Bertz CT molecular complexity index is 627. The van der Waals surface area contributed by atoms with E-state index in [2.05, 4.69) is 11.9 Å². The van der Waals surface area contributed by atoms with Crippen LogP contribution in [-0.2, 0) is 4.79 Å². The second-order valence-corrected chi connectivity index (χ2v) is 6.08. The van der Waals surface area contributed by atoms with Crippen molar-refractivity contribution in [1.82, 2.24) is 9.88 Å². The second kappa shape index (κ2) is 6.69. The van der Waals surface area contributed by atoms with E-state index in [1.54, 1.807) is 23.3 Å². The molecule has 3 N–H and O–H groups in total. The van der Waals surface area contributed by atoms with E-state index >= 15 is 0 Å². The minimum absolute atomic E-state index is 0.0395. The fraction of sp³-hybridized carbons (Fsp3) is 0.333. The smallest absolute Gasteiger partial charge is 0.317 e. The van der Waals surface area contributed by atoms with Gasteiger partial charge in [0.05, 0.1) is 17.2 Å². The predicted octanol–water partition coefficient (Wildman–Crippen LogP) is 2.51. The van der Waals surface area contributed by atoms with Crippen molar-refractivity contribution in [2.45, 2.75) is 12.8 Å². The molecule has 0 fully saturated rings. The normalized spacial score (nSPS) is 12.5. The lowest BCUT2D eigenvalue weighted by Crippen LogP contribution is -2.29. The van der Waals surface area contributed by atoms with Crippen molar-refractivity contribution >= 4 is 23.0 Å². The van der Waals surface area contributed by atoms with Crippen LogP contribution < -0.4 is 5.73 Å². The SMILES string of the molecule is CC(CN(C)CC(=O)O)c1nc(-c2cccc(N)c2)cs1. The van der Waals surface area contributed by atoms with Gasteiger partial charge >= 0.3 is 5.97 Å². The minimum Gasteiger partial charge on any atom is -0.480 e. The number of benzene rings is 1. The number of nitrogens with zero attached hydrogens (tertiary/aromatic N) is 2. The van der Waals surface area contributed by atoms with Crippen molar-refractivity contribution in [2.24, 2.45) is 0 Å². The number of hydrogen-bond acceptors (Lipinski definition) is 5. The zero-order valence-corrected chi connectivity index (χ0v) is 12.9. The summed E-state index contributed by atoms with van der Waals surface area (Å²) in [7, 11) is 1.80. The summed E-state index contributed by atoms with van der Waals surface area (Å²) in [6.07, 6.45) is 0. The van der Waals surface area contributed by atoms with E-state index in [-0.39, 0.29) is 12.5 Å². The lowest BCUT2D eigenvalue weighted by molar-refractivity contribution is -0.138. The fourth-order valence-corrected chi connectivity index (χ4v) is 3.06. The van der Waals surface area contributed by atoms with Gasteiger partial charge in [0.2, 0.25) is 0 Å². The van der Waals surface area contributed by atoms with Crippen LogP contribution >= 0.6 is 11.3 Å². The van der Waals surface area contributed by atoms with E-state index in [9.17, 15) is 4.79 Å². The van der Waals surface area contributed by atoms with Crippen LogP contribution in [0.25, 0.3) is 11.3 Å². The molecular weight excluding hydrogens is 286 g/mol. The first kappa shape index (κ1) is 15.5. The fourth-order valence-electron chi connectivity index (χ4n) is 2.19. The molecule has 21 heavy (non-hydrogen) atoms. The Morgan fingerprint density at radius 2 is 2.29 bits per heavy atom. The van der Waals surface area contributed by atoms with Crippen LogP contribution in [0.2, 0.25) is 0 Å². The van der Waals surface area contributed by atoms with Crippen LogP contribution in [0.5, 0.6) is 0 Å². The summed E-state index contributed by atoms with van der Waals surface area (Å²) in [4.78, 5) is 17.1. The molecule has 5 nitrogen and oxygen atoms in total. The van der Waals surface area contributed by atoms with Crippen molar-refractivity contribution < 1.29 is 9.90 Å². The standard InChI is InChI=1S/C15H19N3O2S/c1-10(7-18(2)8-14(19)20)15-17-13(9-21-15)11-4-3-5-12(16)6-11/h3-6,9-10H,7-8,16H2,1-2H3,(H,19,20). The molecule has 1 unspecified atom stereocenters. The Kier molecular flexibility index (Phi) is 4.93. The number of carboxylic acid groups (broad SMARTS) is 1. The number of thiazole rings is 1. The summed E-state index contributed by atoms with van der Waals surface area (Å²) in [5.74, 6) is -0.626. The number of carbonyl (C=O) groups is 1. The lowest BCUT2D eigenvalue weighted by atomic mass is 10.1. The summed E-state index contributed by atoms with van der Waals surface area (Å²) >= 11 is 1.59. The number of anilines is 1. The summed E-state index contributed by atoms with van der Waals surface area (Å²) in [6, 6.07) is 7.64. The number of nitrogen functional groups attached to an aromatic ring is 1. The Morgan fingerprint density at radius 1 is 1.52 bits per heavy atom. The van der Waals surface area contributed by atoms with Crippen molar-refractivity contribution in [3.8, 4) is 11.3 Å². The maximum absolute atomic E-state index is 10.7. The zero-order valence-electron chi connectivity index (χ0n) is 12.1. The van der Waals surface area contributed by atoms with Crippen LogP contribution in [0.15, 0.2) is 29.6 Å². The maximum atomic E-state index is 10.7. The molecule has 112 valence electrons. The third-order valence-electron chi connectivity index (χ3n) is 3.12. The molecule has 0 aliphatic rings. The quantitative estimate of drug-likeness (QED) is 0.802. The van der Waals surface area contributed by atoms with Gasteiger partial charge in [-0.1, -0.05) is 19.1 Å². The Labute approximate surface area is 128 Å². The van der Waals surface area contributed by atoms with E-state index in [1.807, 2.05) is 29.6 Å². The molecule has 6 heteroatoms. The van der Waals surface area contributed by atoms with Crippen LogP contribution in [-0.4, -0.2) is 41.1 Å². The van der Waals surface area contributed by atoms with Gasteiger partial charge < -0.3 is 10.8 Å². The van der Waals surface area contributed by atoms with Crippen molar-refractivity contribution in [1.29, 1.82) is 0 Å². The molecule has 0 saturated carbocycles. The second-order valence-electron chi connectivity index (χ2n) is 5.19. The van der Waals surface area contributed by atoms with Crippen LogP contribution in [0.3, 0.4) is 0 Å². The largest absolute Gasteiger partial charge is 0.480 e. The van der Waals surface area contributed by atoms with Gasteiger partial charge in [-0.3, -0.25) is 9.69 Å². The highest BCUT2D eigenvalue weighted by molar-refractivity contribution is 7.10. The number of aliphatic carboxylic acids is 1. The van der Waals surface area contributed by atoms with Gasteiger partial charge in [-0.15, -0.1) is 11.3 Å². The monoisotopic (exact) mass is 305 g/mol. The Hall–Kier alpha value is -1.92. The van der Waals surface area contributed by atoms with E-state index in [1.165, 1.54) is 0 Å². The first-order valence-electron chi connectivity index (χ1n) is 6.67. The molecule has 0 spiro atoms. The predicted molar refractivity (Wildman–Crippen MR) is 85.5 cm³/mol. The molecule has 0 amide bonds. The molecule has 2 rings (SSSR count). The maximum Gasteiger partial charge on any atom is 0.317 e. The molecule has 1 heterocycles. The number of nitrogens with two attached hydrogens (primary N) is 1. The molecule has 0 radical (unpaired) electrons. The molecule has 1 atom stereocenters. The van der Waals surface area contributed by atoms with Crippen molar-refractivity contribution in [2.75, 3.05) is 25.9 Å². The molecule has 0 aliphatic carbocycles. The summed E-state index contributed by atoms with van der Waals surface area (Å²) in [5, 5.41) is 11.8. The Morgan fingerprint density at radius 3 is 2.95 bits per heavy atom. The number of likely N-dealkylation sites (N-methyl/N-ethyl adjacent to an activating group) is 1. The Balaban J connectivity index is 2.07. The van der Waals surface area contributed by atoms with Gasteiger partial charge in [0.15, 0.2) is 0 Å². The number of aromatic nitrogens is 1. The minimum atomic E-state index is -0.815. The van der Waals surface area contributed by atoms with Crippen LogP contribution in [0.4, 0.5) is 5.69 Å². The third-order valence-corrected chi connectivity index (χ3v) is 4.19. The average Bonchev–Trinajstić information content (AvgIpc) is 2.87. The van der Waals surface area contributed by atoms with Gasteiger partial charge in [0.25, 0.3) is 0 Å². The molecular formula is C15H19N3O2S. The zero-order chi connectivity index (χ0) is 15.4. The molecule has 1 aromatic carbocycles. The highest BCUT2D eigenvalue weighted by Gasteiger charge is 2.15. The summed E-state index contributed by atoms with van der Waals surface area (Å²) in [5.41, 5.74) is 8.42. The third kappa shape index (κ3) is 4.27. The molecule has 0 aliphatic heterocycles. The van der Waals surface area contributed by atoms with E-state index in [0.29, 0.717) is 6.54 Å². The molecule has 2 aromatic rings. The van der Waals surface area contributed by atoms with Crippen molar-refractivity contribution in [3.63, 3.8) is 0 Å². The van der Waals surface area contributed by atoms with Gasteiger partial charge in [0, 0.05) is 29.1 Å². The van der Waals surface area contributed by atoms with Gasteiger partial charge in [0.1, 0.15) is 0 Å². The van der Waals surface area contributed by atoms with E-state index in [0.717, 1.165) is 22.0 Å². The number of hydrogen-bond donors (Lipinski definition) is 2. The van der Waals surface area contributed by atoms with Gasteiger partial charge in [-0.05, 0) is 19.2 Å². The first-order valence-corrected chi connectivity index (χ1v) is 7.55. The van der Waals surface area contributed by atoms with Crippen molar-refractivity contribution in [3.05, 3.63) is 34.7 Å². The van der Waals surface area contributed by atoms with Gasteiger partial charge in [-0.25, -0.2) is 4.98 Å². The van der Waals surface area contributed by atoms with Crippen LogP contribution in [0.1, 0.15) is 17.8 Å². The number of carboxylic acids is 1. The van der Waals surface area contributed by atoms with Crippen LogP contribution in [0, 0.1) is 0 Å².